The minimum Gasteiger partial charge on any atom is -0.480 e. The van der Waals surface area contributed by atoms with E-state index in [1.165, 1.54) is 10.8 Å². The zero-order valence-electron chi connectivity index (χ0n) is 14.5. The number of rotatable bonds is 6. The molecule has 0 aliphatic carbocycles. The van der Waals surface area contributed by atoms with E-state index in [-0.39, 0.29) is 5.76 Å². The van der Waals surface area contributed by atoms with Crippen LogP contribution in [0.25, 0.3) is 11.3 Å². The molecule has 4 N–H and O–H groups in total. The predicted octanol–water partition coefficient (Wildman–Crippen LogP) is -0.401. The van der Waals surface area contributed by atoms with Gasteiger partial charge >= 0.3 is 5.97 Å². The van der Waals surface area contributed by atoms with Crippen molar-refractivity contribution in [2.75, 3.05) is 6.61 Å². The number of hydrogen-bond donors (Lipinski definition) is 4. The third-order valence-corrected chi connectivity index (χ3v) is 4.54. The first-order valence-corrected chi connectivity index (χ1v) is 8.33. The molecule has 27 heavy (non-hydrogen) atoms. The maximum atomic E-state index is 11.4. The number of pyridine rings is 1. The van der Waals surface area contributed by atoms with E-state index >= 15 is 0 Å². The molecule has 0 bridgehead atoms. The molecule has 0 spiro atoms. The van der Waals surface area contributed by atoms with Gasteiger partial charge in [-0.15, -0.1) is 5.10 Å². The van der Waals surface area contributed by atoms with Gasteiger partial charge in [-0.05, 0) is 18.2 Å². The number of aliphatic carboxylic acids is 1. The van der Waals surface area contributed by atoms with Crippen molar-refractivity contribution in [3.05, 3.63) is 42.6 Å². The Morgan fingerprint density at radius 3 is 2.81 bits per heavy atom. The van der Waals surface area contributed by atoms with Gasteiger partial charge in [0.15, 0.2) is 0 Å². The van der Waals surface area contributed by atoms with Crippen molar-refractivity contribution in [3.63, 3.8) is 0 Å². The van der Waals surface area contributed by atoms with E-state index < -0.39 is 42.8 Å². The Morgan fingerprint density at radius 2 is 2.19 bits per heavy atom. The molecule has 1 aliphatic heterocycles. The molecule has 10 heteroatoms. The smallest absolute Gasteiger partial charge is 0.370 e. The zero-order valence-corrected chi connectivity index (χ0v) is 14.5. The van der Waals surface area contributed by atoms with Crippen molar-refractivity contribution in [1.29, 1.82) is 0 Å². The van der Waals surface area contributed by atoms with Gasteiger partial charge in [-0.3, -0.25) is 4.98 Å². The summed E-state index contributed by atoms with van der Waals surface area (Å²) in [5.41, 5.74) is 1.30. The third-order valence-electron chi connectivity index (χ3n) is 4.54. The summed E-state index contributed by atoms with van der Waals surface area (Å²) in [5, 5.41) is 46.6. The Morgan fingerprint density at radius 1 is 1.41 bits per heavy atom. The van der Waals surface area contributed by atoms with Crippen molar-refractivity contribution in [2.24, 2.45) is 5.92 Å². The molecule has 0 saturated heterocycles. The summed E-state index contributed by atoms with van der Waals surface area (Å²) in [6, 6.07) is 2.99. The summed E-state index contributed by atoms with van der Waals surface area (Å²) >= 11 is 0. The Hall–Kier alpha value is -2.82. The van der Waals surface area contributed by atoms with E-state index in [9.17, 15) is 20.1 Å². The van der Waals surface area contributed by atoms with Crippen LogP contribution in [0, 0.1) is 5.92 Å². The summed E-state index contributed by atoms with van der Waals surface area (Å²) in [7, 11) is 0. The fourth-order valence-corrected chi connectivity index (χ4v) is 3.01. The number of aliphatic hydroxyl groups is 3. The van der Waals surface area contributed by atoms with Gasteiger partial charge < -0.3 is 25.2 Å². The number of carboxylic acid groups (broad SMARTS) is 1. The van der Waals surface area contributed by atoms with Crippen LogP contribution in [0.5, 0.6) is 0 Å². The first-order valence-electron chi connectivity index (χ1n) is 8.33. The maximum Gasteiger partial charge on any atom is 0.370 e. The van der Waals surface area contributed by atoms with Crippen molar-refractivity contribution in [2.45, 2.75) is 31.3 Å². The normalized spacial score (nSPS) is 24.6. The molecule has 0 unspecified atom stereocenters. The Balaban J connectivity index is 1.94. The Labute approximate surface area is 154 Å². The second-order valence-corrected chi connectivity index (χ2v) is 6.33. The highest BCUT2D eigenvalue weighted by Gasteiger charge is 2.41. The summed E-state index contributed by atoms with van der Waals surface area (Å²) in [5.74, 6) is -2.14. The standard InChI is InChI=1S/C17H20N4O6/c1-9-12(21-7-11(19-20-21)10-3-2-4-18-6-10)5-14(17(25)26)27-16(9)15(24)13(23)8-22/h2-7,9,12-13,15-16,22-24H,8H2,1H3,(H,25,26)/t9-,12+,13-,15-,16-/m1/s1. The number of aromatic nitrogens is 4. The van der Waals surface area contributed by atoms with Gasteiger partial charge in [0.1, 0.15) is 24.0 Å². The molecule has 144 valence electrons. The van der Waals surface area contributed by atoms with Crippen LogP contribution >= 0.6 is 0 Å². The van der Waals surface area contributed by atoms with Crippen LogP contribution in [0.2, 0.25) is 0 Å². The number of nitrogens with zero attached hydrogens (tertiary/aromatic N) is 4. The zero-order chi connectivity index (χ0) is 19.6. The van der Waals surface area contributed by atoms with E-state index in [1.807, 2.05) is 6.07 Å². The molecule has 3 rings (SSSR count). The number of ether oxygens (including phenoxy) is 1. The van der Waals surface area contributed by atoms with Crippen molar-refractivity contribution in [1.82, 2.24) is 20.0 Å². The molecule has 1 aliphatic rings. The Bertz CT molecular complexity index is 824. The molecule has 0 amide bonds. The lowest BCUT2D eigenvalue weighted by molar-refractivity contribution is -0.148. The summed E-state index contributed by atoms with van der Waals surface area (Å²) in [6.07, 6.45) is 2.29. The second-order valence-electron chi connectivity index (χ2n) is 6.33. The highest BCUT2D eigenvalue weighted by atomic mass is 16.5. The molecular weight excluding hydrogens is 356 g/mol. The number of carbonyl (C=O) groups is 1. The molecule has 2 aromatic heterocycles. The van der Waals surface area contributed by atoms with Gasteiger partial charge in [-0.2, -0.15) is 0 Å². The fraction of sp³-hybridized carbons (Fsp3) is 0.412. The van der Waals surface area contributed by atoms with E-state index in [0.717, 1.165) is 5.56 Å². The van der Waals surface area contributed by atoms with Crippen LogP contribution in [-0.4, -0.2) is 71.3 Å². The topological polar surface area (TPSA) is 151 Å². The molecule has 10 nitrogen and oxygen atoms in total. The van der Waals surface area contributed by atoms with Gasteiger partial charge in [0, 0.05) is 23.9 Å². The monoisotopic (exact) mass is 376 g/mol. The van der Waals surface area contributed by atoms with E-state index in [1.54, 1.807) is 31.6 Å². The SMILES string of the molecule is C[C@H]1[C@H]([C@H](O)[C@H](O)CO)OC(C(=O)O)=C[C@@H]1n1cc(-c2cccnc2)nn1. The number of aliphatic hydroxyl groups excluding tert-OH is 3. The number of hydrogen-bond acceptors (Lipinski definition) is 8. The minimum atomic E-state index is -1.48. The van der Waals surface area contributed by atoms with Gasteiger partial charge in [0.05, 0.1) is 18.8 Å². The lowest BCUT2D eigenvalue weighted by atomic mass is 9.87. The average molecular weight is 376 g/mol. The summed E-state index contributed by atoms with van der Waals surface area (Å²) in [6.45, 7) is 1.04. The average Bonchev–Trinajstić information content (AvgIpc) is 3.17. The van der Waals surface area contributed by atoms with Gasteiger partial charge in [-0.25, -0.2) is 9.48 Å². The third kappa shape index (κ3) is 3.82. The predicted molar refractivity (Wildman–Crippen MR) is 91.1 cm³/mol. The van der Waals surface area contributed by atoms with Crippen molar-refractivity contribution >= 4 is 5.97 Å². The van der Waals surface area contributed by atoms with Crippen LogP contribution in [0.1, 0.15) is 13.0 Å². The molecule has 3 heterocycles. The van der Waals surface area contributed by atoms with Crippen LogP contribution in [0.4, 0.5) is 0 Å². The quantitative estimate of drug-likeness (QED) is 0.528. The molecule has 2 aromatic rings. The summed E-state index contributed by atoms with van der Waals surface area (Å²) in [4.78, 5) is 15.5. The number of carboxylic acids is 1. The Kier molecular flexibility index (Phi) is 5.49. The molecule has 0 saturated carbocycles. The van der Waals surface area contributed by atoms with Crippen LogP contribution in [-0.2, 0) is 9.53 Å². The molecule has 0 fully saturated rings. The molecular formula is C17H20N4O6. The van der Waals surface area contributed by atoms with Crippen LogP contribution in [0.15, 0.2) is 42.6 Å². The van der Waals surface area contributed by atoms with Crippen molar-refractivity contribution < 1.29 is 30.0 Å². The van der Waals surface area contributed by atoms with Gasteiger partial charge in [0.25, 0.3) is 0 Å². The first-order chi connectivity index (χ1) is 12.9. The lowest BCUT2D eigenvalue weighted by Gasteiger charge is -2.37. The highest BCUT2D eigenvalue weighted by molar-refractivity contribution is 5.84. The fourth-order valence-electron chi connectivity index (χ4n) is 3.01. The lowest BCUT2D eigenvalue weighted by Crippen LogP contribution is -2.48. The molecule has 0 aromatic carbocycles. The van der Waals surface area contributed by atoms with E-state index in [0.29, 0.717) is 5.69 Å². The van der Waals surface area contributed by atoms with E-state index in [2.05, 4.69) is 15.3 Å². The van der Waals surface area contributed by atoms with Crippen LogP contribution < -0.4 is 0 Å². The van der Waals surface area contributed by atoms with E-state index in [4.69, 9.17) is 9.84 Å². The second kappa shape index (κ2) is 7.82. The van der Waals surface area contributed by atoms with Crippen LogP contribution in [0.3, 0.4) is 0 Å². The molecule has 0 radical (unpaired) electrons. The van der Waals surface area contributed by atoms with Crippen molar-refractivity contribution in [3.8, 4) is 11.3 Å². The summed E-state index contributed by atoms with van der Waals surface area (Å²) < 4.78 is 6.83. The highest BCUT2D eigenvalue weighted by Crippen LogP contribution is 2.34. The number of allylic oxidation sites excluding steroid dienone is 1. The first kappa shape index (κ1) is 19.0. The van der Waals surface area contributed by atoms with Gasteiger partial charge in [-0.1, -0.05) is 12.1 Å². The largest absolute Gasteiger partial charge is 0.480 e. The minimum absolute atomic E-state index is 0.370. The molecule has 5 atom stereocenters. The van der Waals surface area contributed by atoms with Gasteiger partial charge in [0.2, 0.25) is 5.76 Å². The maximum absolute atomic E-state index is 11.4.